The molecule has 0 bridgehead atoms. The van der Waals surface area contributed by atoms with Gasteiger partial charge in [0, 0.05) is 31.4 Å². The maximum atomic E-state index is 12.6. The highest BCUT2D eigenvalue weighted by molar-refractivity contribution is 9.10. The van der Waals surface area contributed by atoms with Crippen LogP contribution in [0.5, 0.6) is 5.88 Å². The van der Waals surface area contributed by atoms with Gasteiger partial charge in [0.15, 0.2) is 4.80 Å². The van der Waals surface area contributed by atoms with E-state index in [4.69, 9.17) is 9.47 Å². The van der Waals surface area contributed by atoms with Crippen LogP contribution in [0.25, 0.3) is 10.2 Å². The number of fused-ring (bicyclic) bond motifs is 1. The Morgan fingerprint density at radius 1 is 1.40 bits per heavy atom. The van der Waals surface area contributed by atoms with Crippen LogP contribution in [0.1, 0.15) is 10.4 Å². The Morgan fingerprint density at radius 3 is 2.92 bits per heavy atom. The van der Waals surface area contributed by atoms with E-state index in [9.17, 15) is 4.79 Å². The van der Waals surface area contributed by atoms with Crippen molar-refractivity contribution in [3.63, 3.8) is 0 Å². The second-order valence-electron chi connectivity index (χ2n) is 5.28. The average Bonchev–Trinajstić information content (AvgIpc) is 3.12. The Labute approximate surface area is 156 Å². The first-order valence-electron chi connectivity index (χ1n) is 7.48. The lowest BCUT2D eigenvalue weighted by Gasteiger charge is -2.04. The highest BCUT2D eigenvalue weighted by Gasteiger charge is 2.17. The quantitative estimate of drug-likeness (QED) is 0.630. The molecule has 25 heavy (non-hydrogen) atoms. The van der Waals surface area contributed by atoms with Crippen molar-refractivity contribution >= 4 is 43.4 Å². The van der Waals surface area contributed by atoms with Gasteiger partial charge in [-0.3, -0.25) is 9.48 Å². The molecule has 0 spiro atoms. The van der Waals surface area contributed by atoms with Crippen molar-refractivity contribution in [2.75, 3.05) is 20.8 Å². The number of hydrogen-bond donors (Lipinski definition) is 0. The SMILES string of the molecule is COCCn1c(=NC(=O)c2cn(C)nc2OC)sc2cc(Br)ccc21. The van der Waals surface area contributed by atoms with Crippen LogP contribution in [0.15, 0.2) is 33.9 Å². The molecule has 0 atom stereocenters. The Bertz CT molecular complexity index is 989. The number of amides is 1. The molecule has 0 aliphatic carbocycles. The highest BCUT2D eigenvalue weighted by Crippen LogP contribution is 2.22. The van der Waals surface area contributed by atoms with E-state index in [2.05, 4.69) is 26.0 Å². The van der Waals surface area contributed by atoms with E-state index in [1.54, 1.807) is 20.4 Å². The number of rotatable bonds is 5. The number of carbonyl (C=O) groups is 1. The van der Waals surface area contributed by atoms with Gasteiger partial charge in [-0.25, -0.2) is 0 Å². The molecule has 9 heteroatoms. The zero-order valence-corrected chi connectivity index (χ0v) is 16.4. The summed E-state index contributed by atoms with van der Waals surface area (Å²) in [5.74, 6) is -0.120. The second-order valence-corrected chi connectivity index (χ2v) is 7.21. The molecule has 132 valence electrons. The van der Waals surface area contributed by atoms with Crippen LogP contribution >= 0.6 is 27.3 Å². The maximum absolute atomic E-state index is 12.6. The number of ether oxygens (including phenoxy) is 2. The van der Waals surface area contributed by atoms with Crippen molar-refractivity contribution in [1.82, 2.24) is 14.3 Å². The largest absolute Gasteiger partial charge is 0.479 e. The lowest BCUT2D eigenvalue weighted by molar-refractivity contribution is 0.0994. The van der Waals surface area contributed by atoms with E-state index >= 15 is 0 Å². The number of nitrogens with zero attached hydrogens (tertiary/aromatic N) is 4. The van der Waals surface area contributed by atoms with Crippen LogP contribution in [0.2, 0.25) is 0 Å². The molecule has 3 aromatic rings. The number of benzene rings is 1. The zero-order chi connectivity index (χ0) is 18.0. The van der Waals surface area contributed by atoms with Gasteiger partial charge in [0.1, 0.15) is 5.56 Å². The Hall–Kier alpha value is -1.97. The fraction of sp³-hybridized carbons (Fsp3) is 0.312. The van der Waals surface area contributed by atoms with Crippen molar-refractivity contribution in [2.45, 2.75) is 6.54 Å². The Kier molecular flexibility index (Phi) is 5.36. The molecule has 7 nitrogen and oxygen atoms in total. The van der Waals surface area contributed by atoms with Gasteiger partial charge in [-0.1, -0.05) is 27.3 Å². The smallest absolute Gasteiger partial charge is 0.286 e. The zero-order valence-electron chi connectivity index (χ0n) is 14.0. The van der Waals surface area contributed by atoms with Crippen molar-refractivity contribution in [2.24, 2.45) is 12.0 Å². The molecule has 3 rings (SSSR count). The molecule has 0 unspecified atom stereocenters. The van der Waals surface area contributed by atoms with E-state index in [0.717, 1.165) is 14.7 Å². The van der Waals surface area contributed by atoms with Crippen molar-refractivity contribution in [3.8, 4) is 5.88 Å². The molecule has 0 aliphatic heterocycles. The van der Waals surface area contributed by atoms with E-state index in [1.807, 2.05) is 22.8 Å². The molecule has 0 saturated heterocycles. The lowest BCUT2D eigenvalue weighted by Crippen LogP contribution is -2.19. The summed E-state index contributed by atoms with van der Waals surface area (Å²) in [7, 11) is 4.86. The highest BCUT2D eigenvalue weighted by atomic mass is 79.9. The first-order chi connectivity index (χ1) is 12.0. The van der Waals surface area contributed by atoms with Gasteiger partial charge < -0.3 is 14.0 Å². The molecule has 1 aromatic carbocycles. The topological polar surface area (TPSA) is 70.6 Å². The van der Waals surface area contributed by atoms with Gasteiger partial charge in [-0.15, -0.1) is 5.10 Å². The molecule has 2 heterocycles. The monoisotopic (exact) mass is 424 g/mol. The molecule has 0 saturated carbocycles. The van der Waals surface area contributed by atoms with Crippen LogP contribution in [0.4, 0.5) is 0 Å². The molecule has 0 fully saturated rings. The number of halogens is 1. The van der Waals surface area contributed by atoms with Crippen LogP contribution in [-0.4, -0.2) is 41.1 Å². The summed E-state index contributed by atoms with van der Waals surface area (Å²) >= 11 is 4.93. The van der Waals surface area contributed by atoms with E-state index < -0.39 is 0 Å². The van der Waals surface area contributed by atoms with E-state index in [0.29, 0.717) is 23.5 Å². The Morgan fingerprint density at radius 2 is 2.20 bits per heavy atom. The summed E-state index contributed by atoms with van der Waals surface area (Å²) in [4.78, 5) is 17.6. The normalized spacial score (nSPS) is 12.1. The van der Waals surface area contributed by atoms with Crippen LogP contribution < -0.4 is 9.54 Å². The minimum absolute atomic E-state index is 0.267. The minimum atomic E-state index is -0.387. The predicted molar refractivity (Wildman–Crippen MR) is 99.0 cm³/mol. The first kappa shape index (κ1) is 17.8. The van der Waals surface area contributed by atoms with Crippen LogP contribution in [0, 0.1) is 0 Å². The number of thiazole rings is 1. The fourth-order valence-electron chi connectivity index (χ4n) is 2.44. The number of aryl methyl sites for hydroxylation is 1. The summed E-state index contributed by atoms with van der Waals surface area (Å²) in [5.41, 5.74) is 1.34. The van der Waals surface area contributed by atoms with Gasteiger partial charge in [0.05, 0.1) is 23.9 Å². The van der Waals surface area contributed by atoms with Gasteiger partial charge >= 0.3 is 0 Å². The van der Waals surface area contributed by atoms with E-state index in [1.165, 1.54) is 23.1 Å². The number of methoxy groups -OCH3 is 2. The minimum Gasteiger partial charge on any atom is -0.479 e. The van der Waals surface area contributed by atoms with Crippen molar-refractivity contribution in [1.29, 1.82) is 0 Å². The molecule has 0 N–H and O–H groups in total. The lowest BCUT2D eigenvalue weighted by atomic mass is 10.3. The van der Waals surface area contributed by atoms with E-state index in [-0.39, 0.29) is 11.8 Å². The third-order valence-electron chi connectivity index (χ3n) is 3.58. The Balaban J connectivity index is 2.12. The molecular weight excluding hydrogens is 408 g/mol. The average molecular weight is 425 g/mol. The van der Waals surface area contributed by atoms with Gasteiger partial charge in [0.25, 0.3) is 5.91 Å². The van der Waals surface area contributed by atoms with Gasteiger partial charge in [-0.2, -0.15) is 4.99 Å². The number of carbonyl (C=O) groups excluding carboxylic acids is 1. The van der Waals surface area contributed by atoms with Crippen LogP contribution in [-0.2, 0) is 18.3 Å². The van der Waals surface area contributed by atoms with Crippen LogP contribution in [0.3, 0.4) is 0 Å². The van der Waals surface area contributed by atoms with Gasteiger partial charge in [-0.05, 0) is 18.2 Å². The third kappa shape index (κ3) is 3.68. The summed E-state index contributed by atoms with van der Waals surface area (Å²) in [6.07, 6.45) is 1.61. The third-order valence-corrected chi connectivity index (χ3v) is 5.11. The predicted octanol–water partition coefficient (Wildman–Crippen LogP) is 2.59. The summed E-state index contributed by atoms with van der Waals surface area (Å²) in [6.45, 7) is 1.13. The molecule has 2 aromatic heterocycles. The summed E-state index contributed by atoms with van der Waals surface area (Å²) in [5, 5.41) is 4.10. The molecule has 0 radical (unpaired) electrons. The first-order valence-corrected chi connectivity index (χ1v) is 9.09. The summed E-state index contributed by atoms with van der Waals surface area (Å²) in [6, 6.07) is 5.98. The molecular formula is C16H17BrN4O3S. The second kappa shape index (κ2) is 7.51. The standard InChI is InChI=1S/C16H17BrN4O3S/c1-20-9-11(15(19-20)24-3)14(22)18-16-21(6-7-23-2)12-5-4-10(17)8-13(12)25-16/h4-5,8-9H,6-7H2,1-3H3. The summed E-state index contributed by atoms with van der Waals surface area (Å²) < 4.78 is 15.9. The number of aromatic nitrogens is 3. The number of hydrogen-bond acceptors (Lipinski definition) is 5. The molecule has 1 amide bonds. The maximum Gasteiger partial charge on any atom is 0.286 e. The van der Waals surface area contributed by atoms with Crippen molar-refractivity contribution in [3.05, 3.63) is 39.2 Å². The van der Waals surface area contributed by atoms with Crippen molar-refractivity contribution < 1.29 is 14.3 Å². The van der Waals surface area contributed by atoms with Gasteiger partial charge in [0.2, 0.25) is 5.88 Å². The molecule has 0 aliphatic rings. The fourth-order valence-corrected chi connectivity index (χ4v) is 4.05.